The molecule has 2 atom stereocenters. The van der Waals surface area contributed by atoms with Crippen LogP contribution >= 0.6 is 0 Å². The maximum atomic E-state index is 14.5. The summed E-state index contributed by atoms with van der Waals surface area (Å²) in [5, 5.41) is 15.2. The lowest BCUT2D eigenvalue weighted by atomic mass is 9.84. The summed E-state index contributed by atoms with van der Waals surface area (Å²) in [5.74, 6) is -1.12. The van der Waals surface area contributed by atoms with Crippen molar-refractivity contribution in [1.82, 2.24) is 10.6 Å². The number of hydrogen-bond acceptors (Lipinski definition) is 3. The van der Waals surface area contributed by atoms with Crippen molar-refractivity contribution in [2.24, 2.45) is 0 Å². The average molecular weight is 328 g/mol. The molecule has 1 saturated heterocycles. The quantitative estimate of drug-likeness (QED) is 0.755. The van der Waals surface area contributed by atoms with Crippen molar-refractivity contribution in [2.75, 3.05) is 0 Å². The molecule has 1 aliphatic heterocycles. The molecule has 0 aliphatic carbocycles. The van der Waals surface area contributed by atoms with Gasteiger partial charge in [-0.2, -0.15) is 0 Å². The number of urea groups is 1. The minimum absolute atomic E-state index is 0.174. The van der Waals surface area contributed by atoms with Gasteiger partial charge in [-0.15, -0.1) is 0 Å². The Morgan fingerprint density at radius 2 is 1.88 bits per heavy atom. The largest absolute Gasteiger partial charge is 0.385 e. The molecule has 1 aliphatic rings. The summed E-state index contributed by atoms with van der Waals surface area (Å²) in [4.78, 5) is 23.5. The van der Waals surface area contributed by atoms with Gasteiger partial charge in [-0.1, -0.05) is 49.4 Å². The Bertz CT molecular complexity index is 794. The first-order chi connectivity index (χ1) is 11.5. The van der Waals surface area contributed by atoms with E-state index in [4.69, 9.17) is 0 Å². The molecule has 3 N–H and O–H groups in total. The van der Waals surface area contributed by atoms with Gasteiger partial charge in [0, 0.05) is 5.56 Å². The Labute approximate surface area is 138 Å². The van der Waals surface area contributed by atoms with E-state index >= 15 is 0 Å². The Balaban J connectivity index is 1.97. The van der Waals surface area contributed by atoms with Crippen LogP contribution in [0.4, 0.5) is 9.18 Å². The highest BCUT2D eigenvalue weighted by Gasteiger charge is 2.50. The first-order valence-electron chi connectivity index (χ1n) is 7.64. The Hall–Kier alpha value is -2.73. The van der Waals surface area contributed by atoms with Crippen LogP contribution in [0.25, 0.3) is 11.1 Å². The highest BCUT2D eigenvalue weighted by atomic mass is 19.1. The molecule has 0 radical (unpaired) electrons. The fourth-order valence-corrected chi connectivity index (χ4v) is 2.98. The van der Waals surface area contributed by atoms with Crippen LogP contribution in [-0.2, 0) is 4.79 Å². The molecule has 5 nitrogen and oxygen atoms in total. The lowest BCUT2D eigenvalue weighted by molar-refractivity contribution is -0.128. The van der Waals surface area contributed by atoms with Crippen LogP contribution in [0.1, 0.15) is 25.0 Å². The fourth-order valence-electron chi connectivity index (χ4n) is 2.98. The summed E-state index contributed by atoms with van der Waals surface area (Å²) in [6.45, 7) is 1.67. The number of nitrogens with one attached hydrogen (secondary N) is 2. The van der Waals surface area contributed by atoms with Gasteiger partial charge in [-0.25, -0.2) is 9.18 Å². The second-order valence-electron chi connectivity index (χ2n) is 5.74. The number of benzene rings is 2. The van der Waals surface area contributed by atoms with E-state index in [1.807, 2.05) is 18.2 Å². The van der Waals surface area contributed by atoms with Gasteiger partial charge in [0.2, 0.25) is 0 Å². The first kappa shape index (κ1) is 16.1. The van der Waals surface area contributed by atoms with E-state index in [-0.39, 0.29) is 12.0 Å². The molecule has 1 fully saturated rings. The molecule has 2 unspecified atom stereocenters. The van der Waals surface area contributed by atoms with Gasteiger partial charge >= 0.3 is 6.03 Å². The SMILES string of the molecule is CCC1(C(O)c2ccc(-c3ccccc3)c(F)c2)NC(=O)NC1=O. The number of carbonyl (C=O) groups excluding carboxylic acids is 2. The number of amides is 3. The zero-order valence-electron chi connectivity index (χ0n) is 13.0. The minimum atomic E-state index is -1.49. The fraction of sp³-hybridized carbons (Fsp3) is 0.222. The highest BCUT2D eigenvalue weighted by Crippen LogP contribution is 2.33. The van der Waals surface area contributed by atoms with Crippen LogP contribution in [0.15, 0.2) is 48.5 Å². The molecule has 2 aromatic carbocycles. The molecule has 6 heteroatoms. The smallest absolute Gasteiger partial charge is 0.322 e. The van der Waals surface area contributed by atoms with Gasteiger partial charge in [0.1, 0.15) is 11.9 Å². The van der Waals surface area contributed by atoms with Crippen LogP contribution in [0.5, 0.6) is 0 Å². The van der Waals surface area contributed by atoms with E-state index in [2.05, 4.69) is 10.6 Å². The summed E-state index contributed by atoms with van der Waals surface area (Å²) in [7, 11) is 0. The van der Waals surface area contributed by atoms with Crippen molar-refractivity contribution in [3.63, 3.8) is 0 Å². The summed E-state index contributed by atoms with van der Waals surface area (Å²) in [6.07, 6.45) is -1.18. The van der Waals surface area contributed by atoms with Gasteiger partial charge in [-0.05, 0) is 23.6 Å². The number of aliphatic hydroxyl groups is 1. The number of carbonyl (C=O) groups is 2. The number of aliphatic hydroxyl groups excluding tert-OH is 1. The molecule has 124 valence electrons. The zero-order chi connectivity index (χ0) is 17.3. The van der Waals surface area contributed by atoms with Gasteiger partial charge in [0.25, 0.3) is 5.91 Å². The van der Waals surface area contributed by atoms with Gasteiger partial charge in [-0.3, -0.25) is 10.1 Å². The molecule has 0 aromatic heterocycles. The second-order valence-corrected chi connectivity index (χ2v) is 5.74. The normalized spacial score (nSPS) is 21.3. The molecule has 3 amide bonds. The Kier molecular flexibility index (Phi) is 4.07. The van der Waals surface area contributed by atoms with E-state index in [1.165, 1.54) is 6.07 Å². The van der Waals surface area contributed by atoms with Crippen molar-refractivity contribution < 1.29 is 19.1 Å². The third-order valence-corrected chi connectivity index (χ3v) is 4.39. The topological polar surface area (TPSA) is 78.4 Å². The predicted molar refractivity (Wildman–Crippen MR) is 86.5 cm³/mol. The Morgan fingerprint density at radius 1 is 1.17 bits per heavy atom. The zero-order valence-corrected chi connectivity index (χ0v) is 13.0. The first-order valence-corrected chi connectivity index (χ1v) is 7.64. The lowest BCUT2D eigenvalue weighted by Gasteiger charge is -2.30. The standard InChI is InChI=1S/C18H17FN2O3/c1-2-18(16(23)20-17(24)21-18)15(22)12-8-9-13(14(19)10-12)11-6-4-3-5-7-11/h3-10,15,22H,2H2,1H3,(H2,20,21,23,24). The monoisotopic (exact) mass is 328 g/mol. The van der Waals surface area contributed by atoms with Crippen LogP contribution in [0.3, 0.4) is 0 Å². The summed E-state index contributed by atoms with van der Waals surface area (Å²) >= 11 is 0. The molecule has 1 heterocycles. The molecule has 3 rings (SSSR count). The van der Waals surface area contributed by atoms with Crippen LogP contribution in [-0.4, -0.2) is 22.6 Å². The Morgan fingerprint density at radius 3 is 2.42 bits per heavy atom. The molecule has 24 heavy (non-hydrogen) atoms. The van der Waals surface area contributed by atoms with Crippen molar-refractivity contribution >= 4 is 11.9 Å². The average Bonchev–Trinajstić information content (AvgIpc) is 2.89. The number of halogens is 1. The van der Waals surface area contributed by atoms with E-state index in [9.17, 15) is 19.1 Å². The van der Waals surface area contributed by atoms with E-state index in [0.717, 1.165) is 0 Å². The van der Waals surface area contributed by atoms with Crippen LogP contribution in [0, 0.1) is 5.82 Å². The second kappa shape index (κ2) is 6.05. The number of rotatable bonds is 4. The van der Waals surface area contributed by atoms with Crippen molar-refractivity contribution in [3.8, 4) is 11.1 Å². The minimum Gasteiger partial charge on any atom is -0.385 e. The summed E-state index contributed by atoms with van der Waals surface area (Å²) in [5.41, 5.74) is -0.144. The summed E-state index contributed by atoms with van der Waals surface area (Å²) in [6, 6.07) is 12.7. The molecular formula is C18H17FN2O3. The van der Waals surface area contributed by atoms with Crippen molar-refractivity contribution in [3.05, 3.63) is 59.9 Å². The molecule has 0 saturated carbocycles. The molecule has 0 bridgehead atoms. The maximum Gasteiger partial charge on any atom is 0.322 e. The van der Waals surface area contributed by atoms with E-state index in [0.29, 0.717) is 11.1 Å². The van der Waals surface area contributed by atoms with Crippen molar-refractivity contribution in [1.29, 1.82) is 0 Å². The van der Waals surface area contributed by atoms with Crippen LogP contribution < -0.4 is 10.6 Å². The molecule has 2 aromatic rings. The molecule has 0 spiro atoms. The van der Waals surface area contributed by atoms with E-state index < -0.39 is 29.4 Å². The predicted octanol–water partition coefficient (Wildman–Crippen LogP) is 2.51. The molecular weight excluding hydrogens is 311 g/mol. The van der Waals surface area contributed by atoms with E-state index in [1.54, 1.807) is 31.2 Å². The summed E-state index contributed by atoms with van der Waals surface area (Å²) < 4.78 is 14.5. The van der Waals surface area contributed by atoms with Gasteiger partial charge in [0.05, 0.1) is 0 Å². The maximum absolute atomic E-state index is 14.5. The third kappa shape index (κ3) is 2.55. The lowest BCUT2D eigenvalue weighted by Crippen LogP contribution is -2.51. The van der Waals surface area contributed by atoms with Gasteiger partial charge in [0.15, 0.2) is 5.54 Å². The van der Waals surface area contributed by atoms with Crippen LogP contribution in [0.2, 0.25) is 0 Å². The highest BCUT2D eigenvalue weighted by molar-refractivity contribution is 6.07. The third-order valence-electron chi connectivity index (χ3n) is 4.39. The number of hydrogen-bond donors (Lipinski definition) is 3. The van der Waals surface area contributed by atoms with Gasteiger partial charge < -0.3 is 10.4 Å². The number of imide groups is 1. The van der Waals surface area contributed by atoms with Crippen molar-refractivity contribution in [2.45, 2.75) is 25.0 Å².